The second-order valence-electron chi connectivity index (χ2n) is 3.39. The van der Waals surface area contributed by atoms with E-state index >= 15 is 0 Å². The summed E-state index contributed by atoms with van der Waals surface area (Å²) >= 11 is 0. The minimum Gasteiger partial charge on any atom is -0.505 e. The third kappa shape index (κ3) is 1.86. The van der Waals surface area contributed by atoms with E-state index in [1.165, 1.54) is 19.1 Å². The second kappa shape index (κ2) is 3.94. The molecule has 0 bridgehead atoms. The average molecular weight is 199 g/mol. The summed E-state index contributed by atoms with van der Waals surface area (Å²) in [5.41, 5.74) is 6.56. The molecule has 0 spiro atoms. The number of rotatable bonds is 2. The molecule has 2 atom stereocenters. The van der Waals surface area contributed by atoms with Crippen LogP contribution in [0, 0.1) is 12.7 Å². The first-order chi connectivity index (χ1) is 6.45. The van der Waals surface area contributed by atoms with Crippen LogP contribution < -0.4 is 5.73 Å². The number of aliphatic hydroxyl groups is 1. The van der Waals surface area contributed by atoms with Gasteiger partial charge in [0, 0.05) is 5.56 Å². The van der Waals surface area contributed by atoms with Crippen molar-refractivity contribution in [1.82, 2.24) is 0 Å². The maximum absolute atomic E-state index is 13.0. The van der Waals surface area contributed by atoms with Gasteiger partial charge in [-0.15, -0.1) is 0 Å². The maximum atomic E-state index is 13.0. The van der Waals surface area contributed by atoms with Gasteiger partial charge in [0.15, 0.2) is 11.6 Å². The predicted octanol–water partition coefficient (Wildman–Crippen LogP) is 1.22. The third-order valence-electron chi connectivity index (χ3n) is 2.24. The summed E-state index contributed by atoms with van der Waals surface area (Å²) in [6.07, 6.45) is -0.832. The highest BCUT2D eigenvalue weighted by Crippen LogP contribution is 2.30. The summed E-state index contributed by atoms with van der Waals surface area (Å²) in [4.78, 5) is 0. The quantitative estimate of drug-likeness (QED) is 0.671. The Bertz CT molecular complexity index is 339. The Balaban J connectivity index is 3.25. The van der Waals surface area contributed by atoms with Crippen LogP contribution in [0.25, 0.3) is 0 Å². The highest BCUT2D eigenvalue weighted by atomic mass is 19.1. The van der Waals surface area contributed by atoms with E-state index < -0.39 is 23.7 Å². The van der Waals surface area contributed by atoms with Crippen LogP contribution in [0.15, 0.2) is 12.1 Å². The molecule has 1 unspecified atom stereocenters. The average Bonchev–Trinajstić information content (AvgIpc) is 2.12. The maximum Gasteiger partial charge on any atom is 0.165 e. The van der Waals surface area contributed by atoms with Crippen molar-refractivity contribution >= 4 is 0 Å². The Hall–Kier alpha value is -1.13. The van der Waals surface area contributed by atoms with Crippen LogP contribution in [-0.4, -0.2) is 16.3 Å². The van der Waals surface area contributed by atoms with Crippen molar-refractivity contribution in [1.29, 1.82) is 0 Å². The molecule has 0 saturated heterocycles. The van der Waals surface area contributed by atoms with Crippen LogP contribution in [0.2, 0.25) is 0 Å². The first-order valence-electron chi connectivity index (χ1n) is 4.36. The summed E-state index contributed by atoms with van der Waals surface area (Å²) in [7, 11) is 0. The summed E-state index contributed by atoms with van der Waals surface area (Å²) in [6.45, 7) is 3.20. The monoisotopic (exact) mass is 199 g/mol. The molecule has 0 aliphatic rings. The molecule has 0 aliphatic carbocycles. The Kier molecular flexibility index (Phi) is 3.08. The fraction of sp³-hybridized carbons (Fsp3) is 0.400. The zero-order valence-corrected chi connectivity index (χ0v) is 8.16. The highest BCUT2D eigenvalue weighted by Gasteiger charge is 2.20. The molecular formula is C10H14FNO2. The number of nitrogens with two attached hydrogens (primary N) is 1. The van der Waals surface area contributed by atoms with Gasteiger partial charge < -0.3 is 15.9 Å². The highest BCUT2D eigenvalue weighted by molar-refractivity contribution is 5.42. The summed E-state index contributed by atoms with van der Waals surface area (Å²) in [6, 6.07) is 1.92. The van der Waals surface area contributed by atoms with Gasteiger partial charge in [0.25, 0.3) is 0 Å². The number of aryl methyl sites for hydroxylation is 1. The molecule has 4 N–H and O–H groups in total. The molecule has 0 aliphatic heterocycles. The molecule has 1 rings (SSSR count). The molecule has 0 saturated carbocycles. The number of phenolic OH excluding ortho intramolecular Hbond substituents is 1. The minimum atomic E-state index is -0.832. The molecule has 0 aromatic heterocycles. The molecule has 0 heterocycles. The van der Waals surface area contributed by atoms with Crippen molar-refractivity contribution in [2.75, 3.05) is 0 Å². The molecule has 1 aromatic rings. The van der Waals surface area contributed by atoms with E-state index in [0.717, 1.165) is 0 Å². The van der Waals surface area contributed by atoms with E-state index in [-0.39, 0.29) is 5.56 Å². The standard InChI is InChI=1S/C10H14FNO2/c1-5-3-4-7(11)10(14)8(5)9(12)6(2)13/h3-4,6,9,13-14H,12H2,1-2H3/t6?,9-/m0/s1. The van der Waals surface area contributed by atoms with Crippen molar-refractivity contribution in [3.8, 4) is 5.75 Å². The van der Waals surface area contributed by atoms with Crippen LogP contribution in [0.5, 0.6) is 5.75 Å². The van der Waals surface area contributed by atoms with E-state index in [4.69, 9.17) is 5.73 Å². The van der Waals surface area contributed by atoms with E-state index in [1.807, 2.05) is 0 Å². The molecule has 0 radical (unpaired) electrons. The third-order valence-corrected chi connectivity index (χ3v) is 2.24. The molecule has 0 fully saturated rings. The molecule has 0 amide bonds. The SMILES string of the molecule is Cc1ccc(F)c(O)c1[C@@H](N)C(C)O. The Morgan fingerprint density at radius 2 is 2.00 bits per heavy atom. The predicted molar refractivity (Wildman–Crippen MR) is 51.4 cm³/mol. The zero-order chi connectivity index (χ0) is 10.9. The number of phenols is 1. The lowest BCUT2D eigenvalue weighted by molar-refractivity contribution is 0.162. The topological polar surface area (TPSA) is 66.5 Å². The van der Waals surface area contributed by atoms with Gasteiger partial charge in [0.2, 0.25) is 0 Å². The van der Waals surface area contributed by atoms with Crippen LogP contribution >= 0.6 is 0 Å². The Morgan fingerprint density at radius 3 is 2.50 bits per heavy atom. The largest absolute Gasteiger partial charge is 0.505 e. The van der Waals surface area contributed by atoms with Gasteiger partial charge in [-0.3, -0.25) is 0 Å². The number of aromatic hydroxyl groups is 1. The van der Waals surface area contributed by atoms with Crippen molar-refractivity contribution < 1.29 is 14.6 Å². The lowest BCUT2D eigenvalue weighted by Gasteiger charge is -2.18. The van der Waals surface area contributed by atoms with Crippen LogP contribution in [-0.2, 0) is 0 Å². The van der Waals surface area contributed by atoms with Crippen molar-refractivity contribution in [2.24, 2.45) is 5.73 Å². The number of hydrogen-bond donors (Lipinski definition) is 3. The van der Waals surface area contributed by atoms with Gasteiger partial charge >= 0.3 is 0 Å². The lowest BCUT2D eigenvalue weighted by atomic mass is 9.97. The number of hydrogen-bond acceptors (Lipinski definition) is 3. The van der Waals surface area contributed by atoms with Gasteiger partial charge in [0.1, 0.15) is 0 Å². The van der Waals surface area contributed by atoms with E-state index in [2.05, 4.69) is 0 Å². The van der Waals surface area contributed by atoms with Crippen molar-refractivity contribution in [2.45, 2.75) is 26.0 Å². The van der Waals surface area contributed by atoms with E-state index in [1.54, 1.807) is 6.92 Å². The number of aliphatic hydroxyl groups excluding tert-OH is 1. The number of benzene rings is 1. The minimum absolute atomic E-state index is 0.264. The van der Waals surface area contributed by atoms with Gasteiger partial charge in [-0.25, -0.2) is 4.39 Å². The first-order valence-corrected chi connectivity index (χ1v) is 4.36. The molecular weight excluding hydrogens is 185 g/mol. The molecule has 14 heavy (non-hydrogen) atoms. The van der Waals surface area contributed by atoms with Gasteiger partial charge in [-0.2, -0.15) is 0 Å². The summed E-state index contributed by atoms with van der Waals surface area (Å²) < 4.78 is 13.0. The Morgan fingerprint density at radius 1 is 1.43 bits per heavy atom. The zero-order valence-electron chi connectivity index (χ0n) is 8.16. The summed E-state index contributed by atoms with van der Waals surface area (Å²) in [5.74, 6) is -1.19. The molecule has 3 nitrogen and oxygen atoms in total. The fourth-order valence-electron chi connectivity index (χ4n) is 1.34. The molecule has 1 aromatic carbocycles. The van der Waals surface area contributed by atoms with E-state index in [0.29, 0.717) is 5.56 Å². The molecule has 4 heteroatoms. The second-order valence-corrected chi connectivity index (χ2v) is 3.39. The van der Waals surface area contributed by atoms with Crippen molar-refractivity contribution in [3.05, 3.63) is 29.1 Å². The number of halogens is 1. The summed E-state index contributed by atoms with van der Waals surface area (Å²) in [5, 5.41) is 18.7. The molecule has 78 valence electrons. The van der Waals surface area contributed by atoms with Crippen LogP contribution in [0.3, 0.4) is 0 Å². The van der Waals surface area contributed by atoms with Crippen LogP contribution in [0.1, 0.15) is 24.1 Å². The normalized spacial score (nSPS) is 15.2. The van der Waals surface area contributed by atoms with Crippen molar-refractivity contribution in [3.63, 3.8) is 0 Å². The lowest BCUT2D eigenvalue weighted by Crippen LogP contribution is -2.24. The van der Waals surface area contributed by atoms with Crippen LogP contribution in [0.4, 0.5) is 4.39 Å². The fourth-order valence-corrected chi connectivity index (χ4v) is 1.34. The van der Waals surface area contributed by atoms with Gasteiger partial charge in [0.05, 0.1) is 12.1 Å². The smallest absolute Gasteiger partial charge is 0.165 e. The van der Waals surface area contributed by atoms with Gasteiger partial charge in [-0.1, -0.05) is 6.07 Å². The van der Waals surface area contributed by atoms with Gasteiger partial charge in [-0.05, 0) is 25.5 Å². The van der Waals surface area contributed by atoms with E-state index in [9.17, 15) is 14.6 Å². The first kappa shape index (κ1) is 10.9. The Labute approximate surface area is 82.0 Å².